The van der Waals surface area contributed by atoms with Crippen molar-refractivity contribution < 1.29 is 23.1 Å². The number of aliphatic hydroxyl groups is 1. The lowest BCUT2D eigenvalue weighted by molar-refractivity contribution is -0.114. The van der Waals surface area contributed by atoms with E-state index in [9.17, 15) is 18.3 Å². The van der Waals surface area contributed by atoms with Gasteiger partial charge < -0.3 is 25.5 Å². The number of aromatic amines is 1. The summed E-state index contributed by atoms with van der Waals surface area (Å²) in [5.74, 6) is 0.600. The predicted molar refractivity (Wildman–Crippen MR) is 146 cm³/mol. The van der Waals surface area contributed by atoms with Gasteiger partial charge in [0.1, 0.15) is 12.4 Å². The van der Waals surface area contributed by atoms with Gasteiger partial charge in [-0.2, -0.15) is 0 Å². The van der Waals surface area contributed by atoms with Gasteiger partial charge in [-0.05, 0) is 42.0 Å². The molecule has 9 nitrogen and oxygen atoms in total. The van der Waals surface area contributed by atoms with E-state index >= 15 is 0 Å². The van der Waals surface area contributed by atoms with Gasteiger partial charge >= 0.3 is 0 Å². The molecule has 1 atom stereocenters. The molecule has 4 rings (SSSR count). The van der Waals surface area contributed by atoms with E-state index in [1.807, 2.05) is 36.4 Å². The number of benzene rings is 3. The van der Waals surface area contributed by atoms with Crippen LogP contribution in [0.15, 0.2) is 60.7 Å². The van der Waals surface area contributed by atoms with Crippen molar-refractivity contribution in [3.63, 3.8) is 0 Å². The maximum Gasteiger partial charge on any atom is 0.229 e. The summed E-state index contributed by atoms with van der Waals surface area (Å²) >= 11 is 0. The van der Waals surface area contributed by atoms with Gasteiger partial charge in [-0.25, -0.2) is 8.42 Å². The first-order chi connectivity index (χ1) is 16.7. The molecular weight excluding hydrogens is 504 g/mol. The van der Waals surface area contributed by atoms with Crippen molar-refractivity contribution in [3.05, 3.63) is 66.2 Å². The molecule has 0 aliphatic rings. The lowest BCUT2D eigenvalue weighted by atomic mass is 10.1. The normalized spacial score (nSPS) is 12.2. The second-order valence-electron chi connectivity index (χ2n) is 8.34. The zero-order chi connectivity index (χ0) is 25.0. The second kappa shape index (κ2) is 11.6. The summed E-state index contributed by atoms with van der Waals surface area (Å²) in [5.41, 5.74) is 3.61. The molecule has 11 heteroatoms. The maximum absolute atomic E-state index is 11.4. The van der Waals surface area contributed by atoms with Gasteiger partial charge in [-0.1, -0.05) is 18.2 Å². The molecule has 0 saturated heterocycles. The Morgan fingerprint density at radius 3 is 2.47 bits per heavy atom. The Balaban J connectivity index is 0.00000361. The lowest BCUT2D eigenvalue weighted by Crippen LogP contribution is -2.26. The van der Waals surface area contributed by atoms with Crippen LogP contribution < -0.4 is 20.1 Å². The van der Waals surface area contributed by atoms with E-state index in [4.69, 9.17) is 4.74 Å². The Morgan fingerprint density at radius 1 is 1.03 bits per heavy atom. The summed E-state index contributed by atoms with van der Waals surface area (Å²) in [5, 5.41) is 18.5. The Hall–Kier alpha value is -3.31. The third-order valence-corrected chi connectivity index (χ3v) is 5.96. The largest absolute Gasteiger partial charge is 0.492 e. The van der Waals surface area contributed by atoms with Crippen LogP contribution in [0.4, 0.5) is 11.4 Å². The van der Waals surface area contributed by atoms with Gasteiger partial charge in [0.2, 0.25) is 15.9 Å². The van der Waals surface area contributed by atoms with E-state index in [0.717, 1.165) is 33.7 Å². The molecule has 1 amide bonds. The van der Waals surface area contributed by atoms with Crippen molar-refractivity contribution in [1.29, 1.82) is 0 Å². The average Bonchev–Trinajstić information content (AvgIpc) is 3.14. The molecule has 0 bridgehead atoms. The Labute approximate surface area is 215 Å². The summed E-state index contributed by atoms with van der Waals surface area (Å²) in [6.07, 6.45) is 0.291. The molecule has 0 spiro atoms. The number of sulfonamides is 1. The summed E-state index contributed by atoms with van der Waals surface area (Å²) in [4.78, 5) is 14.7. The minimum Gasteiger partial charge on any atom is -0.492 e. The van der Waals surface area contributed by atoms with Gasteiger partial charge in [0.05, 0.1) is 17.9 Å². The number of hydrogen-bond acceptors (Lipinski definition) is 6. The van der Waals surface area contributed by atoms with Crippen LogP contribution in [0, 0.1) is 0 Å². The number of nitrogens with one attached hydrogen (secondary N) is 4. The van der Waals surface area contributed by atoms with Crippen LogP contribution in [0.2, 0.25) is 0 Å². The number of halogens is 1. The molecule has 4 aromatic rings. The van der Waals surface area contributed by atoms with E-state index in [1.165, 1.54) is 6.92 Å². The zero-order valence-electron chi connectivity index (χ0n) is 19.9. The van der Waals surface area contributed by atoms with E-state index in [1.54, 1.807) is 24.3 Å². The SMILES string of the molecule is CC(=O)Nc1ccc2c(c1)[nH]c1cc(OCCNCC(O)c3cccc(NS(C)(=O)=O)c3)ccc12.Cl. The van der Waals surface area contributed by atoms with Gasteiger partial charge in [0.15, 0.2) is 0 Å². The van der Waals surface area contributed by atoms with Crippen LogP contribution in [0.5, 0.6) is 5.75 Å². The monoisotopic (exact) mass is 532 g/mol. The summed E-state index contributed by atoms with van der Waals surface area (Å²) in [6, 6.07) is 18.3. The van der Waals surface area contributed by atoms with Gasteiger partial charge in [0, 0.05) is 53.7 Å². The first kappa shape index (κ1) is 27.3. The summed E-state index contributed by atoms with van der Waals surface area (Å²) in [7, 11) is -3.38. The van der Waals surface area contributed by atoms with Crippen molar-refractivity contribution in [2.45, 2.75) is 13.0 Å². The van der Waals surface area contributed by atoms with Crippen molar-refractivity contribution >= 4 is 61.5 Å². The summed E-state index contributed by atoms with van der Waals surface area (Å²) in [6.45, 7) is 2.69. The number of amides is 1. The molecule has 192 valence electrons. The van der Waals surface area contributed by atoms with Gasteiger partial charge in [-0.3, -0.25) is 9.52 Å². The molecule has 0 radical (unpaired) electrons. The average molecular weight is 533 g/mol. The maximum atomic E-state index is 11.4. The van der Waals surface area contributed by atoms with Crippen molar-refractivity contribution in [2.24, 2.45) is 0 Å². The minimum absolute atomic E-state index is 0. The summed E-state index contributed by atoms with van der Waals surface area (Å²) < 4.78 is 31.0. The van der Waals surface area contributed by atoms with Crippen molar-refractivity contribution in [1.82, 2.24) is 10.3 Å². The number of aliphatic hydroxyl groups excluding tert-OH is 1. The molecule has 0 aliphatic carbocycles. The number of rotatable bonds is 10. The van der Waals surface area contributed by atoms with Crippen LogP contribution >= 0.6 is 12.4 Å². The van der Waals surface area contributed by atoms with Crippen LogP contribution in [0.25, 0.3) is 21.8 Å². The number of fused-ring (bicyclic) bond motifs is 3. The molecule has 5 N–H and O–H groups in total. The van der Waals surface area contributed by atoms with E-state index in [0.29, 0.717) is 36.7 Å². The third kappa shape index (κ3) is 7.11. The molecule has 1 aromatic heterocycles. The number of anilines is 2. The first-order valence-corrected chi connectivity index (χ1v) is 13.0. The molecule has 36 heavy (non-hydrogen) atoms. The highest BCUT2D eigenvalue weighted by atomic mass is 35.5. The molecule has 1 heterocycles. The van der Waals surface area contributed by atoms with Crippen LogP contribution in [0.1, 0.15) is 18.6 Å². The molecule has 0 aliphatic heterocycles. The topological polar surface area (TPSA) is 133 Å². The second-order valence-corrected chi connectivity index (χ2v) is 10.1. The number of hydrogen-bond donors (Lipinski definition) is 5. The molecule has 1 unspecified atom stereocenters. The Morgan fingerprint density at radius 2 is 1.75 bits per heavy atom. The molecule has 3 aromatic carbocycles. The zero-order valence-corrected chi connectivity index (χ0v) is 21.5. The van der Waals surface area contributed by atoms with Gasteiger partial charge in [-0.15, -0.1) is 12.4 Å². The van der Waals surface area contributed by atoms with Crippen molar-refractivity contribution in [3.8, 4) is 5.75 Å². The van der Waals surface area contributed by atoms with E-state index in [-0.39, 0.29) is 18.3 Å². The number of carbonyl (C=O) groups is 1. The fraction of sp³-hybridized carbons (Fsp3) is 0.240. The van der Waals surface area contributed by atoms with E-state index in [2.05, 4.69) is 20.3 Å². The highest BCUT2D eigenvalue weighted by Gasteiger charge is 2.10. The van der Waals surface area contributed by atoms with Crippen LogP contribution in [0.3, 0.4) is 0 Å². The Kier molecular flexibility index (Phi) is 8.80. The fourth-order valence-corrected chi connectivity index (χ4v) is 4.44. The third-order valence-electron chi connectivity index (χ3n) is 5.35. The highest BCUT2D eigenvalue weighted by molar-refractivity contribution is 7.92. The highest BCUT2D eigenvalue weighted by Crippen LogP contribution is 2.30. The molecular formula is C25H29ClN4O5S. The number of carbonyl (C=O) groups excluding carboxylic acids is 1. The number of H-pyrrole nitrogens is 1. The smallest absolute Gasteiger partial charge is 0.229 e. The van der Waals surface area contributed by atoms with Crippen LogP contribution in [-0.2, 0) is 14.8 Å². The Bertz CT molecular complexity index is 1470. The van der Waals surface area contributed by atoms with Gasteiger partial charge in [0.25, 0.3) is 0 Å². The quantitative estimate of drug-likeness (QED) is 0.197. The fourth-order valence-electron chi connectivity index (χ4n) is 3.88. The first-order valence-electron chi connectivity index (χ1n) is 11.1. The number of ether oxygens (including phenoxy) is 1. The molecule has 0 fully saturated rings. The van der Waals surface area contributed by atoms with Crippen LogP contribution in [-0.4, -0.2) is 50.4 Å². The number of aromatic nitrogens is 1. The van der Waals surface area contributed by atoms with Crippen molar-refractivity contribution in [2.75, 3.05) is 36.0 Å². The van der Waals surface area contributed by atoms with E-state index < -0.39 is 16.1 Å². The standard InChI is InChI=1S/C25H28N4O5S.ClH/c1-16(30)27-18-6-8-21-22-9-7-20(14-24(22)28-23(21)13-18)34-11-10-26-15-25(31)17-4-3-5-19(12-17)29-35(2,32)33;/h3-9,12-14,25-26,28-29,31H,10-11,15H2,1-2H3,(H,27,30);1H. The minimum atomic E-state index is -3.38. The molecule has 0 saturated carbocycles. The lowest BCUT2D eigenvalue weighted by Gasteiger charge is -2.14. The predicted octanol–water partition coefficient (Wildman–Crippen LogP) is 3.77.